The molecule has 2 nitrogen and oxygen atoms in total. The zero-order chi connectivity index (χ0) is 7.68. The van der Waals surface area contributed by atoms with Crippen LogP contribution in [0.5, 0.6) is 0 Å². The molecular weight excluding hydrogens is 138 g/mol. The minimum Gasteiger partial charge on any atom is -0.356 e. The van der Waals surface area contributed by atoms with Crippen LogP contribution in [-0.4, -0.2) is 12.5 Å². The van der Waals surface area contributed by atoms with E-state index in [4.69, 9.17) is 0 Å². The lowest BCUT2D eigenvalue weighted by Gasteiger charge is -2.31. The molecule has 1 fully saturated rings. The van der Waals surface area contributed by atoms with Crippen molar-refractivity contribution in [1.29, 1.82) is 0 Å². The molecule has 0 bridgehead atoms. The summed E-state index contributed by atoms with van der Waals surface area (Å²) in [7, 11) is 0. The second-order valence-electron chi connectivity index (χ2n) is 3.36. The van der Waals surface area contributed by atoms with Crippen LogP contribution >= 0.6 is 0 Å². The molecule has 0 saturated carbocycles. The monoisotopic (exact) mass is 151 g/mol. The maximum atomic E-state index is 11.3. The first kappa shape index (κ1) is 6.89. The highest BCUT2D eigenvalue weighted by atomic mass is 16.1. The number of hydrogen-bond acceptors (Lipinski definition) is 1. The Kier molecular flexibility index (Phi) is 1.68. The largest absolute Gasteiger partial charge is 0.356 e. The number of piperidine rings is 1. The van der Waals surface area contributed by atoms with Crippen LogP contribution < -0.4 is 5.32 Å². The summed E-state index contributed by atoms with van der Waals surface area (Å²) in [5.74, 6) is 1.09. The molecule has 1 saturated heterocycles. The number of allylic oxidation sites excluding steroid dienone is 2. The maximum absolute atomic E-state index is 11.3. The van der Waals surface area contributed by atoms with E-state index in [1.54, 1.807) is 0 Å². The molecule has 11 heavy (non-hydrogen) atoms. The third-order valence-electron chi connectivity index (χ3n) is 2.66. The molecule has 60 valence electrons. The fourth-order valence-electron chi connectivity index (χ4n) is 2.01. The molecule has 1 aliphatic carbocycles. The molecule has 0 aromatic carbocycles. The lowest BCUT2D eigenvalue weighted by Crippen LogP contribution is -2.42. The Balaban J connectivity index is 2.15. The second-order valence-corrected chi connectivity index (χ2v) is 3.36. The van der Waals surface area contributed by atoms with Crippen molar-refractivity contribution in [1.82, 2.24) is 5.32 Å². The number of rotatable bonds is 0. The minimum atomic E-state index is 0.269. The Bertz CT molecular complexity index is 198. The fourth-order valence-corrected chi connectivity index (χ4v) is 2.01. The summed E-state index contributed by atoms with van der Waals surface area (Å²) in [4.78, 5) is 11.3. The van der Waals surface area contributed by atoms with Crippen LogP contribution in [0, 0.1) is 11.8 Å². The Morgan fingerprint density at radius 2 is 2.36 bits per heavy atom. The Morgan fingerprint density at radius 3 is 3.18 bits per heavy atom. The molecule has 1 N–H and O–H groups in total. The number of amides is 1. The maximum Gasteiger partial charge on any atom is 0.223 e. The number of carbonyl (C=O) groups is 1. The van der Waals surface area contributed by atoms with Gasteiger partial charge < -0.3 is 5.32 Å². The van der Waals surface area contributed by atoms with E-state index >= 15 is 0 Å². The number of carbonyl (C=O) groups excluding carboxylic acids is 1. The van der Waals surface area contributed by atoms with Gasteiger partial charge in [-0.3, -0.25) is 4.79 Å². The van der Waals surface area contributed by atoms with Gasteiger partial charge in [-0.2, -0.15) is 0 Å². The van der Waals surface area contributed by atoms with Gasteiger partial charge in [-0.25, -0.2) is 0 Å². The lowest BCUT2D eigenvalue weighted by atomic mass is 9.79. The van der Waals surface area contributed by atoms with E-state index < -0.39 is 0 Å². The standard InChI is InChI=1S/C9H13NO/c11-9-8-4-2-1-3-7(8)5-6-10-9/h1,3,7-8H,2,4-6H2,(H,10,11). The molecule has 0 radical (unpaired) electrons. The van der Waals surface area contributed by atoms with Crippen LogP contribution in [0.15, 0.2) is 12.2 Å². The zero-order valence-corrected chi connectivity index (χ0v) is 6.55. The van der Waals surface area contributed by atoms with Gasteiger partial charge in [0.15, 0.2) is 0 Å². The fraction of sp³-hybridized carbons (Fsp3) is 0.667. The van der Waals surface area contributed by atoms with Crippen LogP contribution in [0.1, 0.15) is 19.3 Å². The lowest BCUT2D eigenvalue weighted by molar-refractivity contribution is -0.128. The van der Waals surface area contributed by atoms with Crippen LogP contribution in [0.2, 0.25) is 0 Å². The van der Waals surface area contributed by atoms with Gasteiger partial charge in [0.25, 0.3) is 0 Å². The Hall–Kier alpha value is -0.790. The summed E-state index contributed by atoms with van der Waals surface area (Å²) >= 11 is 0. The van der Waals surface area contributed by atoms with Crippen molar-refractivity contribution < 1.29 is 4.79 Å². The molecule has 1 aliphatic heterocycles. The quantitative estimate of drug-likeness (QED) is 0.516. The number of nitrogens with one attached hydrogen (secondary N) is 1. The van der Waals surface area contributed by atoms with Gasteiger partial charge in [-0.15, -0.1) is 0 Å². The topological polar surface area (TPSA) is 29.1 Å². The molecule has 2 rings (SSSR count). The van der Waals surface area contributed by atoms with Crippen molar-refractivity contribution in [2.75, 3.05) is 6.54 Å². The van der Waals surface area contributed by atoms with E-state index in [0.717, 1.165) is 25.8 Å². The minimum absolute atomic E-state index is 0.269. The van der Waals surface area contributed by atoms with Gasteiger partial charge in [0, 0.05) is 12.5 Å². The third-order valence-corrected chi connectivity index (χ3v) is 2.66. The van der Waals surface area contributed by atoms with Gasteiger partial charge in [-0.05, 0) is 25.2 Å². The van der Waals surface area contributed by atoms with Crippen molar-refractivity contribution in [2.45, 2.75) is 19.3 Å². The molecule has 1 heterocycles. The molecule has 2 atom stereocenters. The van der Waals surface area contributed by atoms with Crippen LogP contribution in [0.4, 0.5) is 0 Å². The first-order chi connectivity index (χ1) is 5.38. The molecule has 1 amide bonds. The molecule has 0 spiro atoms. The van der Waals surface area contributed by atoms with Gasteiger partial charge in [0.05, 0.1) is 0 Å². The first-order valence-electron chi connectivity index (χ1n) is 4.32. The Morgan fingerprint density at radius 1 is 1.45 bits per heavy atom. The summed E-state index contributed by atoms with van der Waals surface area (Å²) in [6.07, 6.45) is 7.68. The van der Waals surface area contributed by atoms with Crippen molar-refractivity contribution in [2.24, 2.45) is 11.8 Å². The van der Waals surface area contributed by atoms with Crippen LogP contribution in [-0.2, 0) is 4.79 Å². The van der Waals surface area contributed by atoms with Crippen molar-refractivity contribution in [3.8, 4) is 0 Å². The van der Waals surface area contributed by atoms with Crippen LogP contribution in [0.3, 0.4) is 0 Å². The number of fused-ring (bicyclic) bond motifs is 1. The van der Waals surface area contributed by atoms with E-state index in [1.165, 1.54) is 0 Å². The van der Waals surface area contributed by atoms with E-state index in [1.807, 2.05) is 0 Å². The highest BCUT2D eigenvalue weighted by Crippen LogP contribution is 2.29. The van der Waals surface area contributed by atoms with E-state index in [0.29, 0.717) is 5.92 Å². The molecule has 2 unspecified atom stereocenters. The average molecular weight is 151 g/mol. The SMILES string of the molecule is O=C1NCCC2C=CCCC12. The van der Waals surface area contributed by atoms with Gasteiger partial charge in [0.1, 0.15) is 0 Å². The van der Waals surface area contributed by atoms with Gasteiger partial charge in [0.2, 0.25) is 5.91 Å². The summed E-state index contributed by atoms with van der Waals surface area (Å²) < 4.78 is 0. The van der Waals surface area contributed by atoms with Crippen molar-refractivity contribution in [3.63, 3.8) is 0 Å². The highest BCUT2D eigenvalue weighted by Gasteiger charge is 2.30. The molecule has 2 heteroatoms. The summed E-state index contributed by atoms with van der Waals surface area (Å²) in [5, 5.41) is 2.91. The zero-order valence-electron chi connectivity index (χ0n) is 6.55. The van der Waals surface area contributed by atoms with E-state index in [9.17, 15) is 4.79 Å². The highest BCUT2D eigenvalue weighted by molar-refractivity contribution is 5.80. The van der Waals surface area contributed by atoms with Crippen molar-refractivity contribution >= 4 is 5.91 Å². The smallest absolute Gasteiger partial charge is 0.223 e. The molecule has 2 aliphatic rings. The van der Waals surface area contributed by atoms with E-state index in [-0.39, 0.29) is 11.8 Å². The summed E-state index contributed by atoms with van der Waals surface area (Å²) in [6, 6.07) is 0. The molecule has 0 aromatic rings. The second kappa shape index (κ2) is 2.68. The van der Waals surface area contributed by atoms with Crippen LogP contribution in [0.25, 0.3) is 0 Å². The van der Waals surface area contributed by atoms with Gasteiger partial charge in [-0.1, -0.05) is 12.2 Å². The summed E-state index contributed by atoms with van der Waals surface area (Å²) in [6.45, 7) is 0.865. The predicted molar refractivity (Wildman–Crippen MR) is 43.0 cm³/mol. The van der Waals surface area contributed by atoms with Gasteiger partial charge >= 0.3 is 0 Å². The summed E-state index contributed by atoms with van der Waals surface area (Å²) in [5.41, 5.74) is 0. The normalized spacial score (nSPS) is 36.2. The number of hydrogen-bond donors (Lipinski definition) is 1. The van der Waals surface area contributed by atoms with Crippen molar-refractivity contribution in [3.05, 3.63) is 12.2 Å². The molecular formula is C9H13NO. The molecule has 0 aromatic heterocycles. The van der Waals surface area contributed by atoms with E-state index in [2.05, 4.69) is 17.5 Å². The first-order valence-corrected chi connectivity index (χ1v) is 4.32. The predicted octanol–water partition coefficient (Wildman–Crippen LogP) is 1.09. The third kappa shape index (κ3) is 1.17. The Labute approximate surface area is 66.7 Å². The average Bonchev–Trinajstić information content (AvgIpc) is 2.06.